The van der Waals surface area contributed by atoms with Crippen LogP contribution in [0.25, 0.3) is 0 Å². The molecule has 0 atom stereocenters. The number of ether oxygens (including phenoxy) is 2. The predicted molar refractivity (Wildman–Crippen MR) is 109 cm³/mol. The number of carbonyl (C=O) groups excluding carboxylic acids is 1. The Morgan fingerprint density at radius 3 is 2.52 bits per heavy atom. The van der Waals surface area contributed by atoms with E-state index in [4.69, 9.17) is 9.47 Å². The van der Waals surface area contributed by atoms with E-state index in [9.17, 15) is 13.2 Å². The van der Waals surface area contributed by atoms with Gasteiger partial charge in [0.05, 0.1) is 11.4 Å². The van der Waals surface area contributed by atoms with Crippen LogP contribution in [0.5, 0.6) is 11.5 Å². The van der Waals surface area contributed by atoms with Crippen LogP contribution in [0.15, 0.2) is 18.2 Å². The largest absolute Gasteiger partial charge is 0.486 e. The SMILES string of the molecule is CCS(=O)(=O)N(CC(=O)NCCSC(C)(C)C)c1ccc2c(c1)OCCO2. The Morgan fingerprint density at radius 2 is 1.89 bits per heavy atom. The Labute approximate surface area is 165 Å². The van der Waals surface area contributed by atoms with Gasteiger partial charge in [-0.3, -0.25) is 9.10 Å². The van der Waals surface area contributed by atoms with E-state index in [1.165, 1.54) is 0 Å². The standard InChI is InChI=1S/C18H28N2O5S2/c1-5-27(22,23)20(13-17(21)19-8-11-26-18(2,3)4)14-6-7-15-16(12-14)25-10-9-24-15/h6-7,12H,5,8-11,13H2,1-4H3,(H,19,21). The first-order valence-corrected chi connectivity index (χ1v) is 11.5. The van der Waals surface area contributed by atoms with Crippen molar-refractivity contribution in [2.24, 2.45) is 0 Å². The van der Waals surface area contributed by atoms with Crippen LogP contribution in [-0.4, -0.2) is 56.9 Å². The number of amides is 1. The fraction of sp³-hybridized carbons (Fsp3) is 0.611. The van der Waals surface area contributed by atoms with Gasteiger partial charge in [0.25, 0.3) is 0 Å². The summed E-state index contributed by atoms with van der Waals surface area (Å²) in [6, 6.07) is 4.90. The Balaban J connectivity index is 2.08. The van der Waals surface area contributed by atoms with Crippen molar-refractivity contribution in [2.45, 2.75) is 32.4 Å². The smallest absolute Gasteiger partial charge is 0.240 e. The third-order valence-corrected chi connectivity index (χ3v) is 6.78. The number of benzene rings is 1. The zero-order chi connectivity index (χ0) is 20.1. The van der Waals surface area contributed by atoms with Crippen LogP contribution in [0.4, 0.5) is 5.69 Å². The van der Waals surface area contributed by atoms with Crippen LogP contribution in [0, 0.1) is 0 Å². The minimum atomic E-state index is -3.62. The number of rotatable bonds is 8. The molecule has 0 saturated carbocycles. The second-order valence-corrected chi connectivity index (χ2v) is 11.1. The van der Waals surface area contributed by atoms with Gasteiger partial charge in [-0.15, -0.1) is 0 Å². The van der Waals surface area contributed by atoms with Crippen LogP contribution in [0.3, 0.4) is 0 Å². The summed E-state index contributed by atoms with van der Waals surface area (Å²) in [5, 5.41) is 2.79. The Bertz CT molecular complexity index is 760. The van der Waals surface area contributed by atoms with Crippen molar-refractivity contribution in [3.8, 4) is 11.5 Å². The fourth-order valence-electron chi connectivity index (χ4n) is 2.43. The van der Waals surface area contributed by atoms with E-state index in [1.54, 1.807) is 36.9 Å². The van der Waals surface area contributed by atoms with Gasteiger partial charge in [0.2, 0.25) is 15.9 Å². The number of hydrogen-bond acceptors (Lipinski definition) is 6. The van der Waals surface area contributed by atoms with Crippen molar-refractivity contribution in [3.05, 3.63) is 18.2 Å². The van der Waals surface area contributed by atoms with Gasteiger partial charge in [0.1, 0.15) is 19.8 Å². The number of thioether (sulfide) groups is 1. The quantitative estimate of drug-likeness (QED) is 0.655. The lowest BCUT2D eigenvalue weighted by atomic mass is 10.2. The van der Waals surface area contributed by atoms with E-state index in [0.29, 0.717) is 36.9 Å². The number of anilines is 1. The minimum absolute atomic E-state index is 0.103. The van der Waals surface area contributed by atoms with E-state index in [-0.39, 0.29) is 23.0 Å². The van der Waals surface area contributed by atoms with Crippen LogP contribution in [-0.2, 0) is 14.8 Å². The van der Waals surface area contributed by atoms with Gasteiger partial charge in [0.15, 0.2) is 11.5 Å². The van der Waals surface area contributed by atoms with Crippen molar-refractivity contribution in [2.75, 3.05) is 42.1 Å². The number of fused-ring (bicyclic) bond motifs is 1. The highest BCUT2D eigenvalue weighted by molar-refractivity contribution is 8.00. The normalized spacial score (nSPS) is 13.9. The van der Waals surface area contributed by atoms with E-state index in [0.717, 1.165) is 10.1 Å². The summed E-state index contributed by atoms with van der Waals surface area (Å²) in [6.45, 7) is 8.96. The zero-order valence-electron chi connectivity index (χ0n) is 16.3. The average Bonchev–Trinajstić information content (AvgIpc) is 2.62. The summed E-state index contributed by atoms with van der Waals surface area (Å²) in [5.41, 5.74) is 0.389. The first-order chi connectivity index (χ1) is 12.6. The first kappa shape index (κ1) is 21.7. The molecule has 0 saturated heterocycles. The molecule has 1 heterocycles. The molecule has 0 bridgehead atoms. The van der Waals surface area contributed by atoms with Crippen molar-refractivity contribution in [1.82, 2.24) is 5.32 Å². The Morgan fingerprint density at radius 1 is 1.22 bits per heavy atom. The molecule has 0 fully saturated rings. The van der Waals surface area contributed by atoms with Gasteiger partial charge in [-0.05, 0) is 19.1 Å². The lowest BCUT2D eigenvalue weighted by Crippen LogP contribution is -2.42. The summed E-state index contributed by atoms with van der Waals surface area (Å²) in [4.78, 5) is 12.3. The van der Waals surface area contributed by atoms with E-state index >= 15 is 0 Å². The molecule has 0 unspecified atom stereocenters. The Hall–Kier alpha value is -1.61. The Kier molecular flexibility index (Phi) is 7.27. The molecule has 1 amide bonds. The maximum Gasteiger partial charge on any atom is 0.240 e. The zero-order valence-corrected chi connectivity index (χ0v) is 17.9. The molecule has 1 aromatic carbocycles. The number of sulfonamides is 1. The van der Waals surface area contributed by atoms with Gasteiger partial charge in [-0.25, -0.2) is 8.42 Å². The van der Waals surface area contributed by atoms with Crippen molar-refractivity contribution < 1.29 is 22.7 Å². The lowest BCUT2D eigenvalue weighted by Gasteiger charge is -2.25. The molecule has 1 aliphatic rings. The second-order valence-electron chi connectivity index (χ2n) is 7.05. The molecule has 1 N–H and O–H groups in total. The number of nitrogens with one attached hydrogen (secondary N) is 1. The number of nitrogens with zero attached hydrogens (tertiary/aromatic N) is 1. The molecule has 0 aromatic heterocycles. The summed E-state index contributed by atoms with van der Waals surface area (Å²) in [7, 11) is -3.62. The molecular formula is C18H28N2O5S2. The molecule has 7 nitrogen and oxygen atoms in total. The molecule has 0 aliphatic carbocycles. The highest BCUT2D eigenvalue weighted by Gasteiger charge is 2.25. The van der Waals surface area contributed by atoms with E-state index in [2.05, 4.69) is 26.1 Å². The predicted octanol–water partition coefficient (Wildman–Crippen LogP) is 2.26. The summed E-state index contributed by atoms with van der Waals surface area (Å²) < 4.78 is 37.3. The van der Waals surface area contributed by atoms with Crippen LogP contribution >= 0.6 is 11.8 Å². The maximum absolute atomic E-state index is 12.5. The fourth-order valence-corrected chi connectivity index (χ4v) is 4.30. The maximum atomic E-state index is 12.5. The summed E-state index contributed by atoms with van der Waals surface area (Å²) in [6.07, 6.45) is 0. The van der Waals surface area contributed by atoms with Crippen molar-refractivity contribution in [1.29, 1.82) is 0 Å². The first-order valence-electron chi connectivity index (χ1n) is 8.93. The molecule has 2 rings (SSSR count). The second kappa shape index (κ2) is 9.05. The van der Waals surface area contributed by atoms with Crippen molar-refractivity contribution >= 4 is 33.4 Å². The monoisotopic (exact) mass is 416 g/mol. The number of carbonyl (C=O) groups is 1. The molecule has 0 spiro atoms. The molecule has 1 aliphatic heterocycles. The topological polar surface area (TPSA) is 84.9 Å². The van der Waals surface area contributed by atoms with Gasteiger partial charge >= 0.3 is 0 Å². The highest BCUT2D eigenvalue weighted by atomic mass is 32.2. The average molecular weight is 417 g/mol. The van der Waals surface area contributed by atoms with Gasteiger partial charge < -0.3 is 14.8 Å². The highest BCUT2D eigenvalue weighted by Crippen LogP contribution is 2.34. The minimum Gasteiger partial charge on any atom is -0.486 e. The third-order valence-electron chi connectivity index (χ3n) is 3.76. The van der Waals surface area contributed by atoms with Gasteiger partial charge in [-0.2, -0.15) is 11.8 Å². The molecule has 0 radical (unpaired) electrons. The molecular weight excluding hydrogens is 388 g/mol. The van der Waals surface area contributed by atoms with Crippen LogP contribution in [0.2, 0.25) is 0 Å². The summed E-state index contributed by atoms with van der Waals surface area (Å²) in [5.74, 6) is 1.38. The van der Waals surface area contributed by atoms with Crippen LogP contribution < -0.4 is 19.1 Å². The van der Waals surface area contributed by atoms with Gasteiger partial charge in [0, 0.05) is 23.1 Å². The van der Waals surface area contributed by atoms with E-state index in [1.807, 2.05) is 0 Å². The third kappa shape index (κ3) is 6.49. The number of hydrogen-bond donors (Lipinski definition) is 1. The van der Waals surface area contributed by atoms with Gasteiger partial charge in [-0.1, -0.05) is 20.8 Å². The van der Waals surface area contributed by atoms with Crippen LogP contribution in [0.1, 0.15) is 27.7 Å². The lowest BCUT2D eigenvalue weighted by molar-refractivity contribution is -0.119. The molecule has 1 aromatic rings. The molecule has 152 valence electrons. The van der Waals surface area contributed by atoms with E-state index < -0.39 is 10.0 Å². The summed E-state index contributed by atoms with van der Waals surface area (Å²) >= 11 is 1.74. The molecule has 27 heavy (non-hydrogen) atoms. The molecule has 9 heteroatoms. The van der Waals surface area contributed by atoms with Crippen molar-refractivity contribution in [3.63, 3.8) is 0 Å².